The largest absolute Gasteiger partial charge is 0.516 e. The molecule has 0 unspecified atom stereocenters. The van der Waals surface area contributed by atoms with Gasteiger partial charge in [-0.2, -0.15) is 21.6 Å². The Bertz CT molecular complexity index is 1470. The number of aromatic nitrogens is 2. The number of hydrogen-bond donors (Lipinski definition) is 2. The monoisotopic (exact) mass is 475 g/mol. The van der Waals surface area contributed by atoms with Crippen LogP contribution in [0.2, 0.25) is 5.02 Å². The highest BCUT2D eigenvalue weighted by Gasteiger charge is 2.46. The van der Waals surface area contributed by atoms with E-state index < -0.39 is 15.5 Å². The summed E-state index contributed by atoms with van der Waals surface area (Å²) in [6.07, 6.45) is 0. The van der Waals surface area contributed by atoms with Crippen LogP contribution in [0.1, 0.15) is 11.4 Å². The molecule has 4 aromatic rings. The van der Waals surface area contributed by atoms with Crippen LogP contribution < -0.4 is 4.72 Å². The summed E-state index contributed by atoms with van der Waals surface area (Å²) >= 11 is 5.86. The Hall–Kier alpha value is -3.48. The molecule has 0 bridgehead atoms. The van der Waals surface area contributed by atoms with Crippen LogP contribution >= 0.6 is 11.6 Å². The molecule has 0 saturated carbocycles. The lowest BCUT2D eigenvalue weighted by Gasteiger charge is -2.14. The van der Waals surface area contributed by atoms with Crippen molar-refractivity contribution >= 4 is 38.3 Å². The molecule has 0 spiro atoms. The van der Waals surface area contributed by atoms with Gasteiger partial charge in [0.25, 0.3) is 0 Å². The van der Waals surface area contributed by atoms with Gasteiger partial charge < -0.3 is 4.98 Å². The summed E-state index contributed by atoms with van der Waals surface area (Å²) in [6, 6.07) is 17.8. The van der Waals surface area contributed by atoms with Crippen LogP contribution in [0.4, 0.5) is 18.9 Å². The minimum Gasteiger partial charge on any atom is -0.331 e. The lowest BCUT2D eigenvalue weighted by molar-refractivity contribution is -0.0429. The highest BCUT2D eigenvalue weighted by Crippen LogP contribution is 2.33. The van der Waals surface area contributed by atoms with E-state index in [-0.39, 0.29) is 11.3 Å². The molecule has 5 nitrogen and oxygen atoms in total. The van der Waals surface area contributed by atoms with Gasteiger partial charge in [0, 0.05) is 16.1 Å². The van der Waals surface area contributed by atoms with E-state index in [1.807, 2.05) is 0 Å². The van der Waals surface area contributed by atoms with Crippen LogP contribution in [0.15, 0.2) is 66.7 Å². The number of anilines is 1. The summed E-state index contributed by atoms with van der Waals surface area (Å²) in [5.41, 5.74) is -2.89. The van der Waals surface area contributed by atoms with Gasteiger partial charge in [-0.25, -0.2) is 4.98 Å². The first-order valence-electron chi connectivity index (χ1n) is 9.08. The van der Waals surface area contributed by atoms with Crippen molar-refractivity contribution in [1.29, 1.82) is 0 Å². The molecule has 0 radical (unpaired) electrons. The molecule has 0 amide bonds. The number of benzene rings is 3. The molecule has 0 atom stereocenters. The predicted molar refractivity (Wildman–Crippen MR) is 118 cm³/mol. The number of fused-ring (bicyclic) bond motifs is 1. The summed E-state index contributed by atoms with van der Waals surface area (Å²) in [7, 11) is -5.55. The molecule has 0 aliphatic heterocycles. The molecular formula is C22H13ClF3N3O2S. The van der Waals surface area contributed by atoms with Gasteiger partial charge >= 0.3 is 15.5 Å². The first-order chi connectivity index (χ1) is 15.1. The number of nitrogens with zero attached hydrogens (tertiary/aromatic N) is 1. The average Bonchev–Trinajstić information content (AvgIpc) is 3.15. The van der Waals surface area contributed by atoms with Crippen molar-refractivity contribution < 1.29 is 21.6 Å². The molecule has 0 saturated heterocycles. The number of rotatable bonds is 3. The molecule has 1 heterocycles. The Morgan fingerprint density at radius 2 is 1.69 bits per heavy atom. The van der Waals surface area contributed by atoms with Crippen LogP contribution in [0, 0.1) is 11.8 Å². The Labute approximate surface area is 186 Å². The van der Waals surface area contributed by atoms with E-state index in [4.69, 9.17) is 11.6 Å². The number of para-hydroxylation sites is 1. The number of halogens is 4. The normalized spacial score (nSPS) is 11.8. The van der Waals surface area contributed by atoms with E-state index in [0.717, 1.165) is 5.56 Å². The third-order valence-corrected chi connectivity index (χ3v) is 5.79. The minimum atomic E-state index is -5.55. The fourth-order valence-electron chi connectivity index (χ4n) is 2.93. The highest BCUT2D eigenvalue weighted by atomic mass is 35.5. The highest BCUT2D eigenvalue weighted by molar-refractivity contribution is 7.93. The zero-order valence-electron chi connectivity index (χ0n) is 16.0. The first kappa shape index (κ1) is 21.7. The molecule has 32 heavy (non-hydrogen) atoms. The predicted octanol–water partition coefficient (Wildman–Crippen LogP) is 5.54. The van der Waals surface area contributed by atoms with Crippen LogP contribution in [0.25, 0.3) is 22.2 Å². The first-order valence-corrected chi connectivity index (χ1v) is 10.9. The van der Waals surface area contributed by atoms with Crippen molar-refractivity contribution in [2.75, 3.05) is 4.72 Å². The van der Waals surface area contributed by atoms with Crippen LogP contribution in [-0.4, -0.2) is 23.9 Å². The maximum atomic E-state index is 12.8. The number of sulfonamides is 1. The van der Waals surface area contributed by atoms with Gasteiger partial charge in [0.2, 0.25) is 0 Å². The Morgan fingerprint density at radius 3 is 2.41 bits per heavy atom. The Kier molecular flexibility index (Phi) is 5.59. The molecule has 3 aromatic carbocycles. The van der Waals surface area contributed by atoms with Crippen molar-refractivity contribution in [2.45, 2.75) is 5.51 Å². The fraction of sp³-hybridized carbons (Fsp3) is 0.0455. The maximum Gasteiger partial charge on any atom is 0.516 e. The average molecular weight is 476 g/mol. The quantitative estimate of drug-likeness (QED) is 0.382. The summed E-state index contributed by atoms with van der Waals surface area (Å²) in [5.74, 6) is 6.27. The zero-order chi connectivity index (χ0) is 22.9. The number of hydrogen-bond acceptors (Lipinski definition) is 3. The third-order valence-electron chi connectivity index (χ3n) is 4.44. The minimum absolute atomic E-state index is 0.188. The molecule has 0 fully saturated rings. The van der Waals surface area contributed by atoms with Gasteiger partial charge in [-0.1, -0.05) is 41.8 Å². The molecule has 10 heteroatoms. The van der Waals surface area contributed by atoms with Gasteiger partial charge in [0.15, 0.2) is 5.82 Å². The molecule has 0 aliphatic rings. The second-order valence-corrected chi connectivity index (χ2v) is 8.78. The maximum absolute atomic E-state index is 12.8. The van der Waals surface area contributed by atoms with E-state index >= 15 is 0 Å². The Morgan fingerprint density at radius 1 is 0.969 bits per heavy atom. The standard InChI is InChI=1S/C22H13ClF3N3O2S/c23-16-9-5-14(6-10-16)7-12-21-27-19-11-8-15(13-20(19)28-21)17-3-1-2-4-18(17)29-32(30,31)22(24,25)26/h1-6,8-11,13,29H,(H,27,28). The van der Waals surface area contributed by atoms with E-state index in [2.05, 4.69) is 21.8 Å². The van der Waals surface area contributed by atoms with Gasteiger partial charge in [0.05, 0.1) is 16.7 Å². The zero-order valence-corrected chi connectivity index (χ0v) is 17.6. The summed E-state index contributed by atoms with van der Waals surface area (Å²) < 4.78 is 63.1. The van der Waals surface area contributed by atoms with Gasteiger partial charge in [-0.15, -0.1) is 0 Å². The van der Waals surface area contributed by atoms with E-state index in [9.17, 15) is 21.6 Å². The topological polar surface area (TPSA) is 74.8 Å². The molecule has 0 aliphatic carbocycles. The number of alkyl halides is 3. The van der Waals surface area contributed by atoms with Crippen molar-refractivity contribution in [1.82, 2.24) is 9.97 Å². The lowest BCUT2D eigenvalue weighted by Crippen LogP contribution is -2.30. The van der Waals surface area contributed by atoms with Crippen molar-refractivity contribution in [3.63, 3.8) is 0 Å². The van der Waals surface area contributed by atoms with Crippen LogP contribution in [0.3, 0.4) is 0 Å². The van der Waals surface area contributed by atoms with Crippen molar-refractivity contribution in [3.8, 4) is 23.0 Å². The fourth-order valence-corrected chi connectivity index (χ4v) is 3.64. The van der Waals surface area contributed by atoms with Gasteiger partial charge in [0.1, 0.15) is 0 Å². The molecule has 4 rings (SSSR count). The molecule has 1 aromatic heterocycles. The van der Waals surface area contributed by atoms with E-state index in [1.165, 1.54) is 18.2 Å². The number of imidazole rings is 1. The smallest absolute Gasteiger partial charge is 0.331 e. The Balaban J connectivity index is 1.68. The molecule has 2 N–H and O–H groups in total. The van der Waals surface area contributed by atoms with Crippen molar-refractivity contribution in [3.05, 3.63) is 83.1 Å². The van der Waals surface area contributed by atoms with E-state index in [1.54, 1.807) is 53.3 Å². The summed E-state index contributed by atoms with van der Waals surface area (Å²) in [5, 5.41) is 0.602. The molecular weight excluding hydrogens is 463 g/mol. The summed E-state index contributed by atoms with van der Waals surface area (Å²) in [6.45, 7) is 0. The summed E-state index contributed by atoms with van der Waals surface area (Å²) in [4.78, 5) is 7.43. The molecule has 162 valence electrons. The van der Waals surface area contributed by atoms with Gasteiger partial charge in [-0.05, 0) is 53.9 Å². The second-order valence-electron chi connectivity index (χ2n) is 6.67. The van der Waals surface area contributed by atoms with E-state index in [0.29, 0.717) is 27.4 Å². The van der Waals surface area contributed by atoms with Crippen LogP contribution in [0.5, 0.6) is 0 Å². The SMILES string of the molecule is O=S(=O)(Nc1ccccc1-c1ccc2nc(C#Cc3ccc(Cl)cc3)[nH]c2c1)C(F)(F)F. The number of nitrogens with one attached hydrogen (secondary N) is 2. The third kappa shape index (κ3) is 4.56. The second kappa shape index (κ2) is 8.22. The van der Waals surface area contributed by atoms with Gasteiger partial charge in [-0.3, -0.25) is 4.72 Å². The number of H-pyrrole nitrogens is 1. The lowest BCUT2D eigenvalue weighted by atomic mass is 10.0. The van der Waals surface area contributed by atoms with Crippen molar-refractivity contribution in [2.24, 2.45) is 0 Å². The van der Waals surface area contributed by atoms with Crippen LogP contribution in [-0.2, 0) is 10.0 Å². The number of aromatic amines is 1.